The van der Waals surface area contributed by atoms with E-state index in [1.165, 1.54) is 5.56 Å². The van der Waals surface area contributed by atoms with E-state index >= 15 is 0 Å². The largest absolute Gasteiger partial charge is 0.378 e. The van der Waals surface area contributed by atoms with Crippen molar-refractivity contribution in [1.29, 1.82) is 0 Å². The molecule has 3 aromatic rings. The van der Waals surface area contributed by atoms with Crippen LogP contribution in [0.1, 0.15) is 28.8 Å². The third-order valence-corrected chi connectivity index (χ3v) is 6.45. The molecular formula is C26H30N4O2. The van der Waals surface area contributed by atoms with Crippen LogP contribution in [-0.2, 0) is 11.3 Å². The molecule has 0 saturated carbocycles. The molecule has 2 aliphatic heterocycles. The third kappa shape index (κ3) is 4.76. The number of pyridine rings is 1. The maximum atomic E-state index is 13.3. The first-order valence-electron chi connectivity index (χ1n) is 11.6. The zero-order valence-corrected chi connectivity index (χ0v) is 18.4. The number of para-hydroxylation sites is 1. The molecule has 0 aliphatic carbocycles. The van der Waals surface area contributed by atoms with Gasteiger partial charge < -0.3 is 15.0 Å². The molecule has 0 unspecified atom stereocenters. The fourth-order valence-corrected chi connectivity index (χ4v) is 4.64. The zero-order chi connectivity index (χ0) is 21.8. The van der Waals surface area contributed by atoms with Gasteiger partial charge in [0, 0.05) is 44.2 Å². The van der Waals surface area contributed by atoms with E-state index in [2.05, 4.69) is 45.4 Å². The van der Waals surface area contributed by atoms with Gasteiger partial charge in [-0.3, -0.25) is 9.69 Å². The molecule has 0 radical (unpaired) electrons. The average Bonchev–Trinajstić information content (AvgIpc) is 2.85. The highest BCUT2D eigenvalue weighted by atomic mass is 16.5. The van der Waals surface area contributed by atoms with Crippen molar-refractivity contribution in [2.24, 2.45) is 0 Å². The van der Waals surface area contributed by atoms with Gasteiger partial charge in [-0.05, 0) is 30.5 Å². The highest BCUT2D eigenvalue weighted by molar-refractivity contribution is 6.07. The summed E-state index contributed by atoms with van der Waals surface area (Å²) in [6.45, 7) is 5.94. The third-order valence-electron chi connectivity index (χ3n) is 6.45. The van der Waals surface area contributed by atoms with Crippen LogP contribution in [0, 0.1) is 0 Å². The highest BCUT2D eigenvalue weighted by Gasteiger charge is 2.23. The second-order valence-corrected chi connectivity index (χ2v) is 8.65. The summed E-state index contributed by atoms with van der Waals surface area (Å²) in [6, 6.07) is 20.7. The summed E-state index contributed by atoms with van der Waals surface area (Å²) in [4.78, 5) is 22.8. The number of anilines is 1. The van der Waals surface area contributed by atoms with Gasteiger partial charge >= 0.3 is 0 Å². The Bertz CT molecular complexity index is 1060. The van der Waals surface area contributed by atoms with E-state index < -0.39 is 0 Å². The van der Waals surface area contributed by atoms with Crippen LogP contribution in [0.5, 0.6) is 0 Å². The van der Waals surface area contributed by atoms with Gasteiger partial charge in [0.15, 0.2) is 0 Å². The molecule has 1 aromatic heterocycles. The quantitative estimate of drug-likeness (QED) is 0.672. The van der Waals surface area contributed by atoms with Crippen molar-refractivity contribution in [3.63, 3.8) is 0 Å². The summed E-state index contributed by atoms with van der Waals surface area (Å²) in [5, 5.41) is 4.21. The number of fused-ring (bicyclic) bond motifs is 1. The number of benzene rings is 2. The minimum atomic E-state index is -0.000353. The molecule has 6 heteroatoms. The Morgan fingerprint density at radius 1 is 0.969 bits per heavy atom. The minimum absolute atomic E-state index is 0.000353. The van der Waals surface area contributed by atoms with Gasteiger partial charge in [0.05, 0.1) is 24.3 Å². The molecule has 1 N–H and O–H groups in total. The molecule has 0 spiro atoms. The number of ether oxygens (including phenoxy) is 1. The number of carbonyl (C=O) groups is 1. The van der Waals surface area contributed by atoms with Crippen LogP contribution in [-0.4, -0.2) is 61.2 Å². The van der Waals surface area contributed by atoms with E-state index in [1.807, 2.05) is 30.3 Å². The molecule has 3 heterocycles. The number of piperidine rings is 1. The van der Waals surface area contributed by atoms with Crippen LogP contribution < -0.4 is 10.2 Å². The van der Waals surface area contributed by atoms with Gasteiger partial charge in [0.1, 0.15) is 5.82 Å². The van der Waals surface area contributed by atoms with Crippen molar-refractivity contribution < 1.29 is 9.53 Å². The standard InChI is InChI=1S/C26H30N4O2/c31-26(27-21-10-12-29(13-11-21)19-20-6-2-1-3-7-20)23-18-25(30-14-16-32-17-15-30)28-24-9-5-4-8-22(23)24/h1-9,18,21H,10-17,19H2,(H,27,31). The summed E-state index contributed by atoms with van der Waals surface area (Å²) in [7, 11) is 0. The number of hydrogen-bond donors (Lipinski definition) is 1. The summed E-state index contributed by atoms with van der Waals surface area (Å²) in [5.41, 5.74) is 2.91. The average molecular weight is 431 g/mol. The topological polar surface area (TPSA) is 57.7 Å². The van der Waals surface area contributed by atoms with Crippen LogP contribution in [0.2, 0.25) is 0 Å². The predicted molar refractivity (Wildman–Crippen MR) is 127 cm³/mol. The Morgan fingerprint density at radius 2 is 1.69 bits per heavy atom. The SMILES string of the molecule is O=C(NC1CCN(Cc2ccccc2)CC1)c1cc(N2CCOCC2)nc2ccccc12. The lowest BCUT2D eigenvalue weighted by Crippen LogP contribution is -2.44. The maximum Gasteiger partial charge on any atom is 0.252 e. The molecule has 32 heavy (non-hydrogen) atoms. The van der Waals surface area contributed by atoms with E-state index in [0.29, 0.717) is 18.8 Å². The number of nitrogens with one attached hydrogen (secondary N) is 1. The van der Waals surface area contributed by atoms with E-state index in [-0.39, 0.29) is 11.9 Å². The molecule has 0 bridgehead atoms. The zero-order valence-electron chi connectivity index (χ0n) is 18.4. The summed E-state index contributed by atoms with van der Waals surface area (Å²) in [5.74, 6) is 0.856. The van der Waals surface area contributed by atoms with E-state index in [1.54, 1.807) is 0 Å². The lowest BCUT2D eigenvalue weighted by Gasteiger charge is -2.32. The predicted octanol–water partition coefficient (Wildman–Crippen LogP) is 3.47. The number of likely N-dealkylation sites (tertiary alicyclic amines) is 1. The van der Waals surface area contributed by atoms with E-state index in [0.717, 1.165) is 62.3 Å². The highest BCUT2D eigenvalue weighted by Crippen LogP contribution is 2.24. The Kier molecular flexibility index (Phi) is 6.32. The number of hydrogen-bond acceptors (Lipinski definition) is 5. The van der Waals surface area contributed by atoms with Crippen LogP contribution in [0.4, 0.5) is 5.82 Å². The Morgan fingerprint density at radius 3 is 2.47 bits per heavy atom. The Hall–Kier alpha value is -2.96. The van der Waals surface area contributed by atoms with Crippen molar-refractivity contribution in [2.75, 3.05) is 44.3 Å². The Balaban J connectivity index is 1.27. The molecular weight excluding hydrogens is 400 g/mol. The summed E-state index contributed by atoms with van der Waals surface area (Å²) < 4.78 is 5.48. The molecule has 1 amide bonds. The van der Waals surface area contributed by atoms with Crippen LogP contribution in [0.15, 0.2) is 60.7 Å². The molecule has 6 nitrogen and oxygen atoms in total. The van der Waals surface area contributed by atoms with Gasteiger partial charge in [-0.2, -0.15) is 0 Å². The lowest BCUT2D eigenvalue weighted by atomic mass is 10.0. The van der Waals surface area contributed by atoms with Gasteiger partial charge in [0.2, 0.25) is 0 Å². The monoisotopic (exact) mass is 430 g/mol. The maximum absolute atomic E-state index is 13.3. The second-order valence-electron chi connectivity index (χ2n) is 8.65. The van der Waals surface area contributed by atoms with E-state index in [9.17, 15) is 4.79 Å². The van der Waals surface area contributed by atoms with Crippen molar-refractivity contribution in [1.82, 2.24) is 15.2 Å². The molecule has 2 aromatic carbocycles. The van der Waals surface area contributed by atoms with Crippen LogP contribution in [0.25, 0.3) is 10.9 Å². The molecule has 2 saturated heterocycles. The number of aromatic nitrogens is 1. The smallest absolute Gasteiger partial charge is 0.252 e. The van der Waals surface area contributed by atoms with Gasteiger partial charge in [0.25, 0.3) is 5.91 Å². The van der Waals surface area contributed by atoms with Crippen molar-refractivity contribution in [3.8, 4) is 0 Å². The van der Waals surface area contributed by atoms with Crippen molar-refractivity contribution in [2.45, 2.75) is 25.4 Å². The van der Waals surface area contributed by atoms with Gasteiger partial charge in [-0.1, -0.05) is 48.5 Å². The number of rotatable bonds is 5. The first-order valence-corrected chi connectivity index (χ1v) is 11.6. The Labute approximate surface area is 189 Å². The number of nitrogens with zero attached hydrogens (tertiary/aromatic N) is 3. The second kappa shape index (κ2) is 9.67. The van der Waals surface area contributed by atoms with Gasteiger partial charge in [-0.15, -0.1) is 0 Å². The molecule has 2 aliphatic rings. The lowest BCUT2D eigenvalue weighted by molar-refractivity contribution is 0.0910. The normalized spacial score (nSPS) is 18.1. The molecule has 2 fully saturated rings. The summed E-state index contributed by atoms with van der Waals surface area (Å²) in [6.07, 6.45) is 1.94. The molecule has 166 valence electrons. The molecule has 0 atom stereocenters. The fraction of sp³-hybridized carbons (Fsp3) is 0.385. The van der Waals surface area contributed by atoms with E-state index in [4.69, 9.17) is 9.72 Å². The summed E-state index contributed by atoms with van der Waals surface area (Å²) >= 11 is 0. The number of morpholine rings is 1. The van der Waals surface area contributed by atoms with Gasteiger partial charge in [-0.25, -0.2) is 4.98 Å². The first kappa shape index (κ1) is 20.9. The first-order chi connectivity index (χ1) is 15.8. The van der Waals surface area contributed by atoms with Crippen LogP contribution >= 0.6 is 0 Å². The number of carbonyl (C=O) groups excluding carboxylic acids is 1. The minimum Gasteiger partial charge on any atom is -0.378 e. The van der Waals surface area contributed by atoms with Crippen molar-refractivity contribution >= 4 is 22.6 Å². The van der Waals surface area contributed by atoms with Crippen LogP contribution in [0.3, 0.4) is 0 Å². The van der Waals surface area contributed by atoms with Crippen molar-refractivity contribution in [3.05, 3.63) is 71.8 Å². The fourth-order valence-electron chi connectivity index (χ4n) is 4.64. The number of amides is 1. The molecule has 5 rings (SSSR count).